The minimum absolute atomic E-state index is 0.133. The van der Waals surface area contributed by atoms with Gasteiger partial charge in [0.2, 0.25) is 0 Å². The lowest BCUT2D eigenvalue weighted by atomic mass is 10.2. The van der Waals surface area contributed by atoms with E-state index in [2.05, 4.69) is 15.9 Å². The van der Waals surface area contributed by atoms with Gasteiger partial charge in [-0.2, -0.15) is 0 Å². The molecule has 0 fully saturated rings. The quantitative estimate of drug-likeness (QED) is 0.644. The van der Waals surface area contributed by atoms with Crippen LogP contribution in [0.15, 0.2) is 60.7 Å². The van der Waals surface area contributed by atoms with Gasteiger partial charge in [0.1, 0.15) is 13.2 Å². The highest BCUT2D eigenvalue weighted by molar-refractivity contribution is 5.67. The fraction of sp³-hybridized carbons (Fsp3) is 0.318. The molecule has 2 heterocycles. The van der Waals surface area contributed by atoms with Gasteiger partial charge < -0.3 is 19.8 Å². The van der Waals surface area contributed by atoms with Crippen molar-refractivity contribution in [2.75, 3.05) is 13.2 Å². The van der Waals surface area contributed by atoms with Crippen LogP contribution in [0, 0.1) is 0 Å². The summed E-state index contributed by atoms with van der Waals surface area (Å²) in [6.45, 7) is 2.78. The Bertz CT molecular complexity index is 961. The summed E-state index contributed by atoms with van der Waals surface area (Å²) in [4.78, 5) is 14.1. The molecule has 4 rings (SSSR count). The Labute approximate surface area is 175 Å². The third-order valence-electron chi connectivity index (χ3n) is 5.04. The van der Waals surface area contributed by atoms with E-state index in [4.69, 9.17) is 9.47 Å². The molecular formula is C22H26N5O3+. The fourth-order valence-corrected chi connectivity index (χ4v) is 3.42. The second-order valence-electron chi connectivity index (χ2n) is 7.29. The van der Waals surface area contributed by atoms with Gasteiger partial charge in [0.25, 0.3) is 0 Å². The largest absolute Gasteiger partial charge is 0.445 e. The maximum Gasteiger partial charge on any atom is 0.410 e. The topological polar surface area (TPSA) is 97.1 Å². The summed E-state index contributed by atoms with van der Waals surface area (Å²) in [5.41, 5.74) is 6.27. The van der Waals surface area contributed by atoms with Crippen LogP contribution in [-0.4, -0.2) is 38.9 Å². The molecule has 0 spiro atoms. The number of aromatic nitrogens is 3. The standard InChI is InChI=1S/C22H25N5O3/c23-19(16-29-14-17-7-3-1-4-8-17)21-25-24-20-13-26(11-12-27(20)21)22(28)30-15-18-9-5-2-6-10-18/h1-10,19H,11-16,23H2/p+1. The first-order valence-electron chi connectivity index (χ1n) is 10.0. The fourth-order valence-electron chi connectivity index (χ4n) is 3.42. The lowest BCUT2D eigenvalue weighted by Gasteiger charge is -2.27. The second kappa shape index (κ2) is 9.51. The van der Waals surface area contributed by atoms with Gasteiger partial charge in [0, 0.05) is 13.1 Å². The van der Waals surface area contributed by atoms with Gasteiger partial charge in [-0.15, -0.1) is 10.2 Å². The van der Waals surface area contributed by atoms with Gasteiger partial charge in [-0.1, -0.05) is 60.7 Å². The third kappa shape index (κ3) is 4.84. The number of carbonyl (C=O) groups is 1. The lowest BCUT2D eigenvalue weighted by molar-refractivity contribution is -0.437. The Hall–Kier alpha value is -3.23. The summed E-state index contributed by atoms with van der Waals surface area (Å²) in [6, 6.07) is 19.5. The molecule has 1 atom stereocenters. The minimum Gasteiger partial charge on any atom is -0.445 e. The molecule has 0 radical (unpaired) electrons. The smallest absolute Gasteiger partial charge is 0.410 e. The first kappa shape index (κ1) is 20.1. The van der Waals surface area contributed by atoms with E-state index in [1.165, 1.54) is 0 Å². The van der Waals surface area contributed by atoms with Crippen molar-refractivity contribution in [3.8, 4) is 0 Å². The maximum absolute atomic E-state index is 12.4. The molecule has 3 N–H and O–H groups in total. The van der Waals surface area contributed by atoms with Crippen LogP contribution in [0.1, 0.15) is 28.8 Å². The van der Waals surface area contributed by atoms with Crippen LogP contribution in [0.5, 0.6) is 0 Å². The predicted molar refractivity (Wildman–Crippen MR) is 109 cm³/mol. The van der Waals surface area contributed by atoms with Crippen LogP contribution in [0.25, 0.3) is 0 Å². The molecule has 0 bridgehead atoms. The van der Waals surface area contributed by atoms with E-state index >= 15 is 0 Å². The van der Waals surface area contributed by atoms with Crippen molar-refractivity contribution >= 4 is 6.09 Å². The van der Waals surface area contributed by atoms with Crippen molar-refractivity contribution in [2.24, 2.45) is 0 Å². The molecule has 1 aliphatic rings. The van der Waals surface area contributed by atoms with Gasteiger partial charge >= 0.3 is 6.09 Å². The Morgan fingerprint density at radius 2 is 1.63 bits per heavy atom. The molecule has 0 saturated heterocycles. The lowest BCUT2D eigenvalue weighted by Crippen LogP contribution is -2.57. The van der Waals surface area contributed by atoms with Crippen molar-refractivity contribution in [3.63, 3.8) is 0 Å². The van der Waals surface area contributed by atoms with Gasteiger partial charge in [0.15, 0.2) is 17.7 Å². The summed E-state index contributed by atoms with van der Waals surface area (Å²) in [6.07, 6.45) is -0.341. The van der Waals surface area contributed by atoms with Crippen LogP contribution in [0.4, 0.5) is 4.79 Å². The Morgan fingerprint density at radius 1 is 0.967 bits per heavy atom. The van der Waals surface area contributed by atoms with Crippen molar-refractivity contribution in [1.29, 1.82) is 0 Å². The molecule has 0 aliphatic carbocycles. The normalized spacial score (nSPS) is 14.2. The summed E-state index contributed by atoms with van der Waals surface area (Å²) in [7, 11) is 0. The molecular weight excluding hydrogens is 382 g/mol. The van der Waals surface area contributed by atoms with E-state index < -0.39 is 0 Å². The van der Waals surface area contributed by atoms with Crippen LogP contribution < -0.4 is 5.73 Å². The van der Waals surface area contributed by atoms with Crippen molar-refractivity contribution < 1.29 is 20.0 Å². The predicted octanol–water partition coefficient (Wildman–Crippen LogP) is 1.93. The molecule has 1 aliphatic heterocycles. The average molecular weight is 408 g/mol. The average Bonchev–Trinajstić information content (AvgIpc) is 3.22. The summed E-state index contributed by atoms with van der Waals surface area (Å²) >= 11 is 0. The van der Waals surface area contributed by atoms with Gasteiger partial charge in [0.05, 0.1) is 13.2 Å². The zero-order chi connectivity index (χ0) is 20.8. The maximum atomic E-state index is 12.4. The first-order valence-corrected chi connectivity index (χ1v) is 10.0. The van der Waals surface area contributed by atoms with Crippen LogP contribution in [0.2, 0.25) is 0 Å². The minimum atomic E-state index is -0.341. The molecule has 3 aromatic rings. The number of quaternary nitrogens is 1. The molecule has 156 valence electrons. The number of ether oxygens (including phenoxy) is 2. The highest BCUT2D eigenvalue weighted by Gasteiger charge is 2.28. The van der Waals surface area contributed by atoms with E-state index in [1.807, 2.05) is 65.2 Å². The van der Waals surface area contributed by atoms with Crippen molar-refractivity contribution in [1.82, 2.24) is 19.7 Å². The molecule has 2 aromatic carbocycles. The number of nitrogens with zero attached hydrogens (tertiary/aromatic N) is 4. The molecule has 30 heavy (non-hydrogen) atoms. The van der Waals surface area contributed by atoms with Crippen molar-refractivity contribution in [3.05, 3.63) is 83.4 Å². The number of amides is 1. The van der Waals surface area contributed by atoms with Gasteiger partial charge in [-0.3, -0.25) is 4.90 Å². The molecule has 1 amide bonds. The number of hydrogen-bond acceptors (Lipinski definition) is 5. The molecule has 8 heteroatoms. The van der Waals surface area contributed by atoms with Crippen LogP contribution in [-0.2, 0) is 35.8 Å². The van der Waals surface area contributed by atoms with E-state index in [9.17, 15) is 4.79 Å². The monoisotopic (exact) mass is 408 g/mol. The van der Waals surface area contributed by atoms with E-state index in [1.54, 1.807) is 4.90 Å². The Kier molecular flexibility index (Phi) is 6.36. The highest BCUT2D eigenvalue weighted by Crippen LogP contribution is 2.17. The zero-order valence-corrected chi connectivity index (χ0v) is 16.8. The molecule has 0 saturated carbocycles. The van der Waals surface area contributed by atoms with Crippen LogP contribution >= 0.6 is 0 Å². The van der Waals surface area contributed by atoms with E-state index in [0.717, 1.165) is 22.8 Å². The number of rotatable bonds is 7. The zero-order valence-electron chi connectivity index (χ0n) is 16.8. The number of carbonyl (C=O) groups excluding carboxylic acids is 1. The number of benzene rings is 2. The van der Waals surface area contributed by atoms with Gasteiger partial charge in [-0.25, -0.2) is 4.79 Å². The third-order valence-corrected chi connectivity index (χ3v) is 5.04. The van der Waals surface area contributed by atoms with Crippen LogP contribution in [0.3, 0.4) is 0 Å². The summed E-state index contributed by atoms with van der Waals surface area (Å²) < 4.78 is 13.3. The van der Waals surface area contributed by atoms with Gasteiger partial charge in [-0.05, 0) is 11.1 Å². The molecule has 8 nitrogen and oxygen atoms in total. The Morgan fingerprint density at radius 3 is 2.33 bits per heavy atom. The van der Waals surface area contributed by atoms with E-state index in [-0.39, 0.29) is 18.7 Å². The van der Waals surface area contributed by atoms with Crippen molar-refractivity contribution in [2.45, 2.75) is 32.3 Å². The van der Waals surface area contributed by atoms with E-state index in [0.29, 0.717) is 32.8 Å². The summed E-state index contributed by atoms with van der Waals surface area (Å²) in [5.74, 6) is 1.53. The molecule has 1 unspecified atom stereocenters. The highest BCUT2D eigenvalue weighted by atomic mass is 16.6. The first-order chi connectivity index (χ1) is 14.7. The number of hydrogen-bond donors (Lipinski definition) is 1. The Balaban J connectivity index is 1.29. The summed E-state index contributed by atoms with van der Waals surface area (Å²) in [5, 5.41) is 8.57. The second-order valence-corrected chi connectivity index (χ2v) is 7.29. The molecule has 1 aromatic heterocycles. The number of fused-ring (bicyclic) bond motifs is 1. The SMILES string of the molecule is [NH3+]C(COCc1ccccc1)c1nnc2n1CCN(C(=O)OCc1ccccc1)C2.